The van der Waals surface area contributed by atoms with Gasteiger partial charge in [0.1, 0.15) is 0 Å². The highest BCUT2D eigenvalue weighted by atomic mass is 32.3. The second-order valence-electron chi connectivity index (χ2n) is 5.05. The number of anilines is 1. The van der Waals surface area contributed by atoms with E-state index in [1.54, 1.807) is 32.0 Å². The van der Waals surface area contributed by atoms with Gasteiger partial charge in [0.15, 0.2) is 0 Å². The Labute approximate surface area is 137 Å². The van der Waals surface area contributed by atoms with Gasteiger partial charge < -0.3 is 0 Å². The van der Waals surface area contributed by atoms with E-state index >= 15 is 0 Å². The van der Waals surface area contributed by atoms with Crippen LogP contribution in [0.1, 0.15) is 13.8 Å². The first kappa shape index (κ1) is 17.7. The molecule has 0 aromatic heterocycles. The Morgan fingerprint density at radius 3 is 2.00 bits per heavy atom. The lowest BCUT2D eigenvalue weighted by Crippen LogP contribution is -2.46. The number of nitrogens with zero attached hydrogens (tertiary/aromatic N) is 2. The Morgan fingerprint density at radius 1 is 0.870 bits per heavy atom. The number of hydrogen-bond donors (Lipinski definition) is 0. The van der Waals surface area contributed by atoms with E-state index in [1.165, 1.54) is 6.07 Å². The van der Waals surface area contributed by atoms with Crippen molar-refractivity contribution in [2.24, 2.45) is 0 Å². The molecule has 6 nitrogen and oxygen atoms in total. The Bertz CT molecular complexity index is 899. The third-order valence-corrected chi connectivity index (χ3v) is 7.47. The molecule has 0 bridgehead atoms. The molecular formula is C15H20N2O4S2. The van der Waals surface area contributed by atoms with Gasteiger partial charge >= 0.3 is 10.2 Å². The van der Waals surface area contributed by atoms with E-state index in [9.17, 15) is 16.8 Å². The third kappa shape index (κ3) is 3.34. The Hall–Kier alpha value is -1.64. The highest BCUT2D eigenvalue weighted by molar-refractivity contribution is 8.08. The fourth-order valence-electron chi connectivity index (χ4n) is 2.50. The van der Waals surface area contributed by atoms with Crippen molar-refractivity contribution in [1.82, 2.24) is 4.31 Å². The van der Waals surface area contributed by atoms with Crippen LogP contribution in [0.5, 0.6) is 0 Å². The summed E-state index contributed by atoms with van der Waals surface area (Å²) in [5, 5.41) is 1.34. The normalized spacial score (nSPS) is 12.7. The lowest BCUT2D eigenvalue weighted by molar-refractivity contribution is 0.446. The summed E-state index contributed by atoms with van der Waals surface area (Å²) in [6.07, 6.45) is 0.899. The summed E-state index contributed by atoms with van der Waals surface area (Å²) < 4.78 is 51.9. The van der Waals surface area contributed by atoms with E-state index in [2.05, 4.69) is 0 Å². The van der Waals surface area contributed by atoms with Crippen LogP contribution in [0.25, 0.3) is 10.8 Å². The second-order valence-corrected chi connectivity index (χ2v) is 8.89. The predicted molar refractivity (Wildman–Crippen MR) is 93.1 cm³/mol. The zero-order chi connectivity index (χ0) is 17.3. The van der Waals surface area contributed by atoms with Crippen LogP contribution in [0.4, 0.5) is 5.69 Å². The first-order valence-electron chi connectivity index (χ1n) is 7.21. The molecule has 0 amide bonds. The molecule has 2 rings (SSSR count). The summed E-state index contributed by atoms with van der Waals surface area (Å²) in [4.78, 5) is 0. The summed E-state index contributed by atoms with van der Waals surface area (Å²) in [7, 11) is -8.22. The maximum atomic E-state index is 12.9. The third-order valence-electron chi connectivity index (χ3n) is 3.51. The van der Waals surface area contributed by atoms with E-state index in [0.717, 1.165) is 15.9 Å². The minimum Gasteiger partial charge on any atom is -0.206 e. The Morgan fingerprint density at radius 2 is 1.43 bits per heavy atom. The van der Waals surface area contributed by atoms with E-state index in [1.807, 2.05) is 18.2 Å². The maximum Gasteiger partial charge on any atom is 0.317 e. The smallest absolute Gasteiger partial charge is 0.206 e. The van der Waals surface area contributed by atoms with Gasteiger partial charge in [0.2, 0.25) is 10.0 Å². The molecule has 0 unspecified atom stereocenters. The van der Waals surface area contributed by atoms with Crippen LogP contribution < -0.4 is 3.71 Å². The molecule has 0 aliphatic carbocycles. The molecule has 0 spiro atoms. The van der Waals surface area contributed by atoms with Gasteiger partial charge in [-0.1, -0.05) is 50.2 Å². The van der Waals surface area contributed by atoms with Crippen LogP contribution in [0.15, 0.2) is 42.5 Å². The lowest BCUT2D eigenvalue weighted by Gasteiger charge is -2.29. The summed E-state index contributed by atoms with van der Waals surface area (Å²) in [5.74, 6) is 0. The summed E-state index contributed by atoms with van der Waals surface area (Å²) in [5.41, 5.74) is 0.137. The molecule has 2 aromatic rings. The summed E-state index contributed by atoms with van der Waals surface area (Å²) >= 11 is 0. The topological polar surface area (TPSA) is 74.8 Å². The van der Waals surface area contributed by atoms with Crippen LogP contribution in [-0.2, 0) is 20.2 Å². The monoisotopic (exact) mass is 356 g/mol. The molecule has 2 aromatic carbocycles. The second kappa shape index (κ2) is 6.46. The van der Waals surface area contributed by atoms with Crippen LogP contribution in [0.3, 0.4) is 0 Å². The van der Waals surface area contributed by atoms with Gasteiger partial charge in [-0.3, -0.25) is 0 Å². The largest absolute Gasteiger partial charge is 0.317 e. The van der Waals surface area contributed by atoms with Crippen molar-refractivity contribution in [2.75, 3.05) is 23.1 Å². The molecule has 0 heterocycles. The number of rotatable bonds is 6. The maximum absolute atomic E-state index is 12.9. The van der Waals surface area contributed by atoms with Crippen LogP contribution in [0.2, 0.25) is 0 Å². The molecule has 0 saturated carbocycles. The molecule has 23 heavy (non-hydrogen) atoms. The van der Waals surface area contributed by atoms with Crippen molar-refractivity contribution in [1.29, 1.82) is 0 Å². The highest BCUT2D eigenvalue weighted by Crippen LogP contribution is 2.31. The zero-order valence-electron chi connectivity index (χ0n) is 13.3. The van der Waals surface area contributed by atoms with Crippen molar-refractivity contribution >= 4 is 36.7 Å². The standard InChI is InChI=1S/C15H20N2O4S2/c1-4-16(5-2)23(20,21)17(22(3,18)19)15-12-8-10-13-9-6-7-11-14(13)15/h6-12H,4-5H2,1-3H3. The van der Waals surface area contributed by atoms with Crippen molar-refractivity contribution in [2.45, 2.75) is 13.8 Å². The van der Waals surface area contributed by atoms with E-state index < -0.39 is 20.2 Å². The van der Waals surface area contributed by atoms with Crippen molar-refractivity contribution in [3.05, 3.63) is 42.5 Å². The Balaban J connectivity index is 2.80. The molecule has 0 aliphatic heterocycles. The first-order valence-corrected chi connectivity index (χ1v) is 10.5. The summed E-state index contributed by atoms with van der Waals surface area (Å²) in [6.45, 7) is 3.72. The van der Waals surface area contributed by atoms with Gasteiger partial charge in [-0.25, -0.2) is 8.42 Å². The number of sulfonamides is 1. The fourth-order valence-corrected chi connectivity index (χ4v) is 5.93. The van der Waals surface area contributed by atoms with E-state index in [0.29, 0.717) is 9.10 Å². The minimum atomic E-state index is -4.19. The lowest BCUT2D eigenvalue weighted by atomic mass is 10.1. The van der Waals surface area contributed by atoms with Crippen LogP contribution >= 0.6 is 0 Å². The van der Waals surface area contributed by atoms with E-state index in [4.69, 9.17) is 0 Å². The Kier molecular flexibility index (Phi) is 4.98. The van der Waals surface area contributed by atoms with Crippen LogP contribution in [-0.4, -0.2) is 40.5 Å². The molecule has 8 heteroatoms. The molecule has 0 atom stereocenters. The van der Waals surface area contributed by atoms with Gasteiger partial charge in [-0.2, -0.15) is 16.4 Å². The van der Waals surface area contributed by atoms with Crippen LogP contribution in [0, 0.1) is 0 Å². The summed E-state index contributed by atoms with van der Waals surface area (Å²) in [6, 6.07) is 12.0. The van der Waals surface area contributed by atoms with Gasteiger partial charge in [0.05, 0.1) is 11.9 Å². The zero-order valence-corrected chi connectivity index (χ0v) is 14.9. The predicted octanol–water partition coefficient (Wildman–Crippen LogP) is 2.19. The minimum absolute atomic E-state index is 0.137. The molecule has 0 radical (unpaired) electrons. The number of hydrogen-bond acceptors (Lipinski definition) is 4. The molecule has 0 N–H and O–H groups in total. The molecule has 0 fully saturated rings. The first-order chi connectivity index (χ1) is 10.7. The van der Waals surface area contributed by atoms with Gasteiger partial charge in [0, 0.05) is 18.5 Å². The van der Waals surface area contributed by atoms with Crippen molar-refractivity contribution < 1.29 is 16.8 Å². The van der Waals surface area contributed by atoms with E-state index in [-0.39, 0.29) is 18.8 Å². The average molecular weight is 356 g/mol. The fraction of sp³-hybridized carbons (Fsp3) is 0.333. The molecular weight excluding hydrogens is 336 g/mol. The van der Waals surface area contributed by atoms with Gasteiger partial charge in [-0.05, 0) is 11.5 Å². The number of benzene rings is 2. The molecule has 0 saturated heterocycles. The molecule has 126 valence electrons. The van der Waals surface area contributed by atoms with Crippen molar-refractivity contribution in [3.8, 4) is 0 Å². The number of fused-ring (bicyclic) bond motifs is 1. The SMILES string of the molecule is CCN(CC)S(=O)(=O)N(c1cccc2ccccc12)S(C)(=O)=O. The highest BCUT2D eigenvalue weighted by Gasteiger charge is 2.35. The van der Waals surface area contributed by atoms with Gasteiger partial charge in [0.25, 0.3) is 0 Å². The quantitative estimate of drug-likeness (QED) is 0.795. The van der Waals surface area contributed by atoms with Crippen molar-refractivity contribution in [3.63, 3.8) is 0 Å². The molecule has 0 aliphatic rings. The van der Waals surface area contributed by atoms with Gasteiger partial charge in [-0.15, -0.1) is 0 Å². The average Bonchev–Trinajstić information content (AvgIpc) is 2.47.